The molecule has 1 aliphatic carbocycles. The number of aromatic nitrogens is 1. The van der Waals surface area contributed by atoms with E-state index >= 15 is 0 Å². The molecule has 0 radical (unpaired) electrons. The number of nitrogens with one attached hydrogen (secondary N) is 2. The average molecular weight is 250 g/mol. The standard InChI is InChI=1S/C14H22N2O2/c1-9(2)13(8-17)15-11-4-3-5-12-10(11)6-7-14(18)16-12/h6-7,9,11,13,15,17H,3-5,8H2,1-2H3,(H,16,18)/t11?,13-/m1/s1. The van der Waals surface area contributed by atoms with Gasteiger partial charge in [-0.15, -0.1) is 0 Å². The van der Waals surface area contributed by atoms with Crippen molar-refractivity contribution in [3.05, 3.63) is 33.7 Å². The van der Waals surface area contributed by atoms with Gasteiger partial charge in [-0.05, 0) is 30.7 Å². The third kappa shape index (κ3) is 2.82. The molecule has 0 aliphatic heterocycles. The van der Waals surface area contributed by atoms with Crippen molar-refractivity contribution in [2.24, 2.45) is 5.92 Å². The van der Waals surface area contributed by atoms with Crippen molar-refractivity contribution in [1.29, 1.82) is 0 Å². The third-order valence-electron chi connectivity index (χ3n) is 3.75. The van der Waals surface area contributed by atoms with Gasteiger partial charge in [0.25, 0.3) is 0 Å². The average Bonchev–Trinajstić information content (AvgIpc) is 2.35. The first-order valence-corrected chi connectivity index (χ1v) is 6.71. The summed E-state index contributed by atoms with van der Waals surface area (Å²) in [6, 6.07) is 3.85. The zero-order valence-electron chi connectivity index (χ0n) is 11.1. The maximum Gasteiger partial charge on any atom is 0.248 e. The summed E-state index contributed by atoms with van der Waals surface area (Å²) in [6.07, 6.45) is 3.07. The van der Waals surface area contributed by atoms with Gasteiger partial charge >= 0.3 is 0 Å². The summed E-state index contributed by atoms with van der Waals surface area (Å²) in [7, 11) is 0. The summed E-state index contributed by atoms with van der Waals surface area (Å²) >= 11 is 0. The van der Waals surface area contributed by atoms with Gasteiger partial charge in [-0.1, -0.05) is 19.9 Å². The molecule has 0 amide bonds. The molecule has 0 saturated heterocycles. The van der Waals surface area contributed by atoms with Crippen LogP contribution in [0.1, 0.15) is 44.0 Å². The number of rotatable bonds is 4. The maximum absolute atomic E-state index is 11.3. The summed E-state index contributed by atoms with van der Waals surface area (Å²) < 4.78 is 0. The SMILES string of the molecule is CC(C)[C@@H](CO)NC1CCCc2[nH]c(=O)ccc21. The lowest BCUT2D eigenvalue weighted by molar-refractivity contribution is 0.194. The van der Waals surface area contributed by atoms with Crippen LogP contribution in [-0.2, 0) is 6.42 Å². The normalized spacial score (nSPS) is 20.8. The fourth-order valence-corrected chi connectivity index (χ4v) is 2.59. The molecule has 18 heavy (non-hydrogen) atoms. The molecule has 1 heterocycles. The largest absolute Gasteiger partial charge is 0.395 e. The monoisotopic (exact) mass is 250 g/mol. The third-order valence-corrected chi connectivity index (χ3v) is 3.75. The molecule has 1 aromatic rings. The van der Waals surface area contributed by atoms with Crippen LogP contribution >= 0.6 is 0 Å². The second-order valence-corrected chi connectivity index (χ2v) is 5.40. The minimum Gasteiger partial charge on any atom is -0.395 e. The molecular weight excluding hydrogens is 228 g/mol. The molecule has 2 rings (SSSR count). The molecule has 0 aromatic carbocycles. The summed E-state index contributed by atoms with van der Waals surface area (Å²) in [4.78, 5) is 14.2. The van der Waals surface area contributed by atoms with E-state index in [9.17, 15) is 9.90 Å². The lowest BCUT2D eigenvalue weighted by atomic mass is 9.90. The number of aromatic amines is 1. The van der Waals surface area contributed by atoms with Crippen LogP contribution in [0.3, 0.4) is 0 Å². The fraction of sp³-hybridized carbons (Fsp3) is 0.643. The topological polar surface area (TPSA) is 65.1 Å². The first kappa shape index (κ1) is 13.3. The number of H-pyrrole nitrogens is 1. The lowest BCUT2D eigenvalue weighted by Gasteiger charge is -2.31. The van der Waals surface area contributed by atoms with Crippen LogP contribution in [0, 0.1) is 5.92 Å². The number of aliphatic hydroxyl groups is 1. The molecule has 0 saturated carbocycles. The van der Waals surface area contributed by atoms with Crippen LogP contribution in [0.5, 0.6) is 0 Å². The van der Waals surface area contributed by atoms with E-state index in [0.29, 0.717) is 5.92 Å². The van der Waals surface area contributed by atoms with Crippen LogP contribution in [-0.4, -0.2) is 22.7 Å². The molecule has 1 aromatic heterocycles. The van der Waals surface area contributed by atoms with Crippen molar-refractivity contribution in [1.82, 2.24) is 10.3 Å². The number of pyridine rings is 1. The highest BCUT2D eigenvalue weighted by Crippen LogP contribution is 2.28. The van der Waals surface area contributed by atoms with E-state index < -0.39 is 0 Å². The van der Waals surface area contributed by atoms with Crippen LogP contribution in [0.2, 0.25) is 0 Å². The minimum absolute atomic E-state index is 0.0306. The van der Waals surface area contributed by atoms with Gasteiger partial charge in [0.15, 0.2) is 0 Å². The minimum atomic E-state index is -0.0306. The second-order valence-electron chi connectivity index (χ2n) is 5.40. The Kier molecular flexibility index (Phi) is 4.19. The summed E-state index contributed by atoms with van der Waals surface area (Å²) in [5.41, 5.74) is 2.20. The Labute approximate surface area is 107 Å². The molecular formula is C14H22N2O2. The molecule has 4 heteroatoms. The number of fused-ring (bicyclic) bond motifs is 1. The highest BCUT2D eigenvalue weighted by Gasteiger charge is 2.24. The van der Waals surface area contributed by atoms with Crippen molar-refractivity contribution in [3.8, 4) is 0 Å². The van der Waals surface area contributed by atoms with E-state index in [1.165, 1.54) is 5.56 Å². The van der Waals surface area contributed by atoms with E-state index in [2.05, 4.69) is 24.1 Å². The molecule has 100 valence electrons. The zero-order valence-corrected chi connectivity index (χ0v) is 11.1. The van der Waals surface area contributed by atoms with Gasteiger partial charge in [-0.25, -0.2) is 0 Å². The van der Waals surface area contributed by atoms with Gasteiger partial charge in [0.1, 0.15) is 0 Å². The van der Waals surface area contributed by atoms with Crippen LogP contribution in [0.15, 0.2) is 16.9 Å². The van der Waals surface area contributed by atoms with E-state index in [1.54, 1.807) is 6.07 Å². The Hall–Kier alpha value is -1.13. The van der Waals surface area contributed by atoms with Crippen molar-refractivity contribution in [3.63, 3.8) is 0 Å². The second kappa shape index (κ2) is 5.67. The Morgan fingerprint density at radius 3 is 2.94 bits per heavy atom. The van der Waals surface area contributed by atoms with Crippen molar-refractivity contribution in [2.75, 3.05) is 6.61 Å². The van der Waals surface area contributed by atoms with E-state index in [4.69, 9.17) is 0 Å². The Balaban J connectivity index is 2.19. The number of hydrogen-bond donors (Lipinski definition) is 3. The van der Waals surface area contributed by atoms with Crippen molar-refractivity contribution >= 4 is 0 Å². The Morgan fingerprint density at radius 1 is 1.50 bits per heavy atom. The lowest BCUT2D eigenvalue weighted by Crippen LogP contribution is -2.41. The maximum atomic E-state index is 11.3. The molecule has 1 unspecified atom stereocenters. The van der Waals surface area contributed by atoms with E-state index in [-0.39, 0.29) is 24.2 Å². The van der Waals surface area contributed by atoms with Gasteiger partial charge in [0.05, 0.1) is 6.61 Å². The Morgan fingerprint density at radius 2 is 2.28 bits per heavy atom. The van der Waals surface area contributed by atoms with Crippen LogP contribution < -0.4 is 10.9 Å². The molecule has 2 atom stereocenters. The predicted molar refractivity (Wildman–Crippen MR) is 71.6 cm³/mol. The smallest absolute Gasteiger partial charge is 0.248 e. The number of aryl methyl sites for hydroxylation is 1. The number of hydrogen-bond acceptors (Lipinski definition) is 3. The molecule has 0 fully saturated rings. The zero-order chi connectivity index (χ0) is 13.1. The van der Waals surface area contributed by atoms with Crippen LogP contribution in [0.4, 0.5) is 0 Å². The van der Waals surface area contributed by atoms with Gasteiger partial charge in [-0.2, -0.15) is 0 Å². The number of aliphatic hydroxyl groups excluding tert-OH is 1. The first-order chi connectivity index (χ1) is 8.61. The molecule has 0 bridgehead atoms. The van der Waals surface area contributed by atoms with Gasteiger partial charge in [0.2, 0.25) is 5.56 Å². The fourth-order valence-electron chi connectivity index (χ4n) is 2.59. The highest BCUT2D eigenvalue weighted by atomic mass is 16.3. The highest BCUT2D eigenvalue weighted by molar-refractivity contribution is 5.26. The van der Waals surface area contributed by atoms with Crippen molar-refractivity contribution < 1.29 is 5.11 Å². The predicted octanol–water partition coefficient (Wildman–Crippen LogP) is 1.36. The quantitative estimate of drug-likeness (QED) is 0.756. The summed E-state index contributed by atoms with van der Waals surface area (Å²) in [6.45, 7) is 4.35. The van der Waals surface area contributed by atoms with Crippen molar-refractivity contribution in [2.45, 2.75) is 45.2 Å². The van der Waals surface area contributed by atoms with E-state index in [0.717, 1.165) is 25.0 Å². The van der Waals surface area contributed by atoms with Crippen LogP contribution in [0.25, 0.3) is 0 Å². The van der Waals surface area contributed by atoms with Gasteiger partial charge in [-0.3, -0.25) is 4.79 Å². The molecule has 1 aliphatic rings. The Bertz CT molecular complexity index is 453. The molecule has 3 N–H and O–H groups in total. The molecule has 0 spiro atoms. The molecule has 4 nitrogen and oxygen atoms in total. The summed E-state index contributed by atoms with van der Waals surface area (Å²) in [5.74, 6) is 0.392. The van der Waals surface area contributed by atoms with Gasteiger partial charge in [0, 0.05) is 23.8 Å². The van der Waals surface area contributed by atoms with E-state index in [1.807, 2.05) is 6.07 Å². The first-order valence-electron chi connectivity index (χ1n) is 6.71. The van der Waals surface area contributed by atoms with Gasteiger partial charge < -0.3 is 15.4 Å². The summed E-state index contributed by atoms with van der Waals surface area (Å²) in [5, 5.41) is 12.9.